The van der Waals surface area contributed by atoms with Crippen LogP contribution < -0.4 is 23.8 Å². The molecule has 0 bridgehead atoms. The first-order chi connectivity index (χ1) is 11.9. The number of carbonyl (C=O) groups excluding carboxylic acids is 1. The summed E-state index contributed by atoms with van der Waals surface area (Å²) in [6, 6.07) is 1.41. The molecule has 0 saturated heterocycles. The maximum atomic E-state index is 11.4. The van der Waals surface area contributed by atoms with Crippen molar-refractivity contribution in [2.24, 2.45) is 0 Å². The van der Waals surface area contributed by atoms with E-state index in [9.17, 15) is 4.79 Å². The van der Waals surface area contributed by atoms with Crippen LogP contribution in [0, 0.1) is 0 Å². The lowest BCUT2D eigenvalue weighted by molar-refractivity contribution is -0.466. The van der Waals surface area contributed by atoms with E-state index in [1.807, 2.05) is 20.8 Å². The second kappa shape index (κ2) is 10.6. The molecule has 25 heavy (non-hydrogen) atoms. The summed E-state index contributed by atoms with van der Waals surface area (Å²) < 4.78 is 21.9. The smallest absolute Gasteiger partial charge is 0.308 e. The number of carbonyl (C=O) groups is 1. The van der Waals surface area contributed by atoms with E-state index in [1.54, 1.807) is 6.92 Å². The van der Waals surface area contributed by atoms with Crippen LogP contribution in [0.4, 0.5) is 0 Å². The number of ether oxygens (including phenoxy) is 4. The third kappa shape index (κ3) is 6.32. The molecule has 0 heterocycles. The average Bonchev–Trinajstić information content (AvgIpc) is 2.54. The molecule has 8 heteroatoms. The number of hydrogen-bond donors (Lipinski definition) is 0. The van der Waals surface area contributed by atoms with Crippen molar-refractivity contribution in [1.29, 1.82) is 0 Å². The molecule has 0 atom stereocenters. The first kappa shape index (κ1) is 20.9. The van der Waals surface area contributed by atoms with Crippen molar-refractivity contribution < 1.29 is 38.6 Å². The van der Waals surface area contributed by atoms with Crippen LogP contribution in [0.1, 0.15) is 41.0 Å². The molecule has 142 valence electrons. The lowest BCUT2D eigenvalue weighted by atomic mass is 10.2. The van der Waals surface area contributed by atoms with Crippen molar-refractivity contribution in [3.63, 3.8) is 0 Å². The molecule has 0 radical (unpaired) electrons. The van der Waals surface area contributed by atoms with E-state index in [0.717, 1.165) is 6.42 Å². The summed E-state index contributed by atoms with van der Waals surface area (Å²) in [5.74, 6) is 0.437. The molecule has 1 rings (SSSR count). The van der Waals surface area contributed by atoms with Crippen LogP contribution in [0.15, 0.2) is 6.07 Å². The van der Waals surface area contributed by atoms with Gasteiger partial charge in [-0.2, -0.15) is 4.89 Å². The monoisotopic (exact) mass is 358 g/mol. The normalized spacial score (nSPS) is 10.5. The van der Waals surface area contributed by atoms with E-state index >= 15 is 0 Å². The highest BCUT2D eigenvalue weighted by Crippen LogP contribution is 2.51. The summed E-state index contributed by atoms with van der Waals surface area (Å²) in [5, 5.41) is 4.73. The third-order valence-electron chi connectivity index (χ3n) is 2.68. The zero-order valence-electron chi connectivity index (χ0n) is 15.5. The second-order valence-electron chi connectivity index (χ2n) is 5.23. The minimum atomic E-state index is -0.521. The largest absolute Gasteiger partial charge is 0.490 e. The number of rotatable bonds is 11. The molecule has 0 aromatic heterocycles. The molecular weight excluding hydrogens is 332 g/mol. The molecule has 0 aliphatic carbocycles. The van der Waals surface area contributed by atoms with E-state index < -0.39 is 5.97 Å². The average molecular weight is 358 g/mol. The van der Waals surface area contributed by atoms with Crippen LogP contribution in [0.3, 0.4) is 0 Å². The highest BCUT2D eigenvalue weighted by Gasteiger charge is 2.26. The SMILES string of the molecule is CCCOOOc1cc(OC(C)=O)c(OC)c(OCC)c1OC(C)C. The Kier molecular flexibility index (Phi) is 8.87. The molecule has 0 fully saturated rings. The van der Waals surface area contributed by atoms with Gasteiger partial charge < -0.3 is 23.8 Å². The summed E-state index contributed by atoms with van der Waals surface area (Å²) in [7, 11) is 1.44. The zero-order valence-corrected chi connectivity index (χ0v) is 15.5. The van der Waals surface area contributed by atoms with Gasteiger partial charge in [0.05, 0.1) is 26.4 Å². The number of benzene rings is 1. The number of esters is 1. The fourth-order valence-corrected chi connectivity index (χ4v) is 1.86. The van der Waals surface area contributed by atoms with Gasteiger partial charge >= 0.3 is 5.97 Å². The van der Waals surface area contributed by atoms with Gasteiger partial charge in [0.2, 0.25) is 23.0 Å². The molecule has 8 nitrogen and oxygen atoms in total. The standard InChI is InChI=1S/C17H26O8/c1-7-9-21-25-24-14-10-13(23-12(5)18)15(19-6)17(20-8-2)16(14)22-11(3)4/h10-11H,7-9H2,1-6H3. The fraction of sp³-hybridized carbons (Fsp3) is 0.588. The molecule has 0 saturated carbocycles. The molecule has 0 aliphatic heterocycles. The third-order valence-corrected chi connectivity index (χ3v) is 2.68. The van der Waals surface area contributed by atoms with Gasteiger partial charge in [-0.25, -0.2) is 0 Å². The zero-order chi connectivity index (χ0) is 18.8. The van der Waals surface area contributed by atoms with Crippen molar-refractivity contribution in [3.8, 4) is 28.7 Å². The van der Waals surface area contributed by atoms with Gasteiger partial charge in [0.15, 0.2) is 5.75 Å². The Bertz CT molecular complexity index is 556. The highest BCUT2D eigenvalue weighted by molar-refractivity contribution is 5.74. The van der Waals surface area contributed by atoms with Crippen molar-refractivity contribution >= 4 is 5.97 Å². The quantitative estimate of drug-likeness (QED) is 0.196. The van der Waals surface area contributed by atoms with Gasteiger partial charge in [0.1, 0.15) is 0 Å². The van der Waals surface area contributed by atoms with E-state index in [2.05, 4.69) is 0 Å². The molecule has 1 aromatic carbocycles. The van der Waals surface area contributed by atoms with Crippen LogP contribution in [-0.2, 0) is 14.7 Å². The topological polar surface area (TPSA) is 81.7 Å². The lowest BCUT2D eigenvalue weighted by Gasteiger charge is -2.21. The predicted octanol–water partition coefficient (Wildman–Crippen LogP) is 3.46. The van der Waals surface area contributed by atoms with Gasteiger partial charge in [-0.05, 0) is 32.2 Å². The minimum Gasteiger partial charge on any atom is -0.490 e. The number of hydrogen-bond acceptors (Lipinski definition) is 8. The van der Waals surface area contributed by atoms with E-state index in [-0.39, 0.29) is 34.9 Å². The number of methoxy groups -OCH3 is 1. The van der Waals surface area contributed by atoms with Crippen molar-refractivity contribution in [1.82, 2.24) is 0 Å². The summed E-state index contributed by atoms with van der Waals surface area (Å²) >= 11 is 0. The van der Waals surface area contributed by atoms with Gasteiger partial charge in [0, 0.05) is 13.0 Å². The van der Waals surface area contributed by atoms with Gasteiger partial charge in [-0.15, -0.1) is 0 Å². The summed E-state index contributed by atoms with van der Waals surface area (Å²) in [6.07, 6.45) is 0.576. The van der Waals surface area contributed by atoms with E-state index in [1.165, 1.54) is 20.1 Å². The molecule has 0 N–H and O–H groups in total. The van der Waals surface area contributed by atoms with Gasteiger partial charge in [0.25, 0.3) is 0 Å². The Balaban J connectivity index is 3.36. The minimum absolute atomic E-state index is 0.114. The Morgan fingerprint density at radius 1 is 1.12 bits per heavy atom. The maximum absolute atomic E-state index is 11.4. The first-order valence-electron chi connectivity index (χ1n) is 8.13. The van der Waals surface area contributed by atoms with Gasteiger partial charge in [-0.1, -0.05) is 6.92 Å². The van der Waals surface area contributed by atoms with E-state index in [0.29, 0.717) is 13.2 Å². The highest BCUT2D eigenvalue weighted by atomic mass is 17.5. The Morgan fingerprint density at radius 2 is 1.84 bits per heavy atom. The summed E-state index contributed by atoms with van der Waals surface area (Å²) in [5.41, 5.74) is 0. The van der Waals surface area contributed by atoms with Gasteiger partial charge in [-0.3, -0.25) is 4.79 Å². The fourth-order valence-electron chi connectivity index (χ4n) is 1.86. The second-order valence-corrected chi connectivity index (χ2v) is 5.23. The lowest BCUT2D eigenvalue weighted by Crippen LogP contribution is -2.12. The predicted molar refractivity (Wildman–Crippen MR) is 89.2 cm³/mol. The van der Waals surface area contributed by atoms with Crippen LogP contribution in [-0.4, -0.2) is 32.4 Å². The summed E-state index contributed by atoms with van der Waals surface area (Å²) in [4.78, 5) is 21.4. The van der Waals surface area contributed by atoms with Crippen LogP contribution >= 0.6 is 0 Å². The Labute approximate surface area is 147 Å². The van der Waals surface area contributed by atoms with Crippen LogP contribution in [0.25, 0.3) is 0 Å². The molecule has 0 amide bonds. The summed E-state index contributed by atoms with van der Waals surface area (Å²) in [6.45, 7) is 9.39. The van der Waals surface area contributed by atoms with Crippen LogP contribution in [0.5, 0.6) is 28.7 Å². The molecule has 0 spiro atoms. The molecule has 0 unspecified atom stereocenters. The van der Waals surface area contributed by atoms with Crippen molar-refractivity contribution in [2.75, 3.05) is 20.3 Å². The molecular formula is C17H26O8. The Hall–Kier alpha value is -2.19. The van der Waals surface area contributed by atoms with E-state index in [4.69, 9.17) is 33.8 Å². The van der Waals surface area contributed by atoms with Crippen molar-refractivity contribution in [3.05, 3.63) is 6.07 Å². The first-order valence-corrected chi connectivity index (χ1v) is 8.13. The van der Waals surface area contributed by atoms with Crippen molar-refractivity contribution in [2.45, 2.75) is 47.1 Å². The maximum Gasteiger partial charge on any atom is 0.308 e. The Morgan fingerprint density at radius 3 is 2.36 bits per heavy atom. The van der Waals surface area contributed by atoms with Crippen LogP contribution in [0.2, 0.25) is 0 Å². The molecule has 1 aromatic rings. The molecule has 0 aliphatic rings.